The SMILES string of the molecule is CC(c1cccs1)N(C)C(=O)c1cc(C2CC2)n(C(C)(C)C)n1. The lowest BCUT2D eigenvalue weighted by Gasteiger charge is -2.24. The molecule has 0 aromatic carbocycles. The molecule has 0 saturated heterocycles. The summed E-state index contributed by atoms with van der Waals surface area (Å²) in [5, 5.41) is 6.70. The minimum atomic E-state index is -0.103. The van der Waals surface area contributed by atoms with E-state index in [-0.39, 0.29) is 17.5 Å². The molecule has 0 aliphatic heterocycles. The molecule has 2 heterocycles. The number of nitrogens with zero attached hydrogens (tertiary/aromatic N) is 3. The Labute approximate surface area is 142 Å². The lowest BCUT2D eigenvalue weighted by atomic mass is 10.1. The van der Waals surface area contributed by atoms with Gasteiger partial charge in [0, 0.05) is 23.5 Å². The Morgan fingerprint density at radius 3 is 2.65 bits per heavy atom. The topological polar surface area (TPSA) is 38.1 Å². The van der Waals surface area contributed by atoms with E-state index in [0.29, 0.717) is 11.6 Å². The lowest BCUT2D eigenvalue weighted by molar-refractivity contribution is 0.0737. The van der Waals surface area contributed by atoms with Crippen molar-refractivity contribution in [3.63, 3.8) is 0 Å². The van der Waals surface area contributed by atoms with Gasteiger partial charge in [-0.15, -0.1) is 11.3 Å². The van der Waals surface area contributed by atoms with Crippen molar-refractivity contribution < 1.29 is 4.79 Å². The smallest absolute Gasteiger partial charge is 0.274 e. The van der Waals surface area contributed by atoms with E-state index < -0.39 is 0 Å². The molecular weight excluding hydrogens is 306 g/mol. The fourth-order valence-corrected chi connectivity index (χ4v) is 3.61. The quantitative estimate of drug-likeness (QED) is 0.832. The van der Waals surface area contributed by atoms with E-state index in [2.05, 4.69) is 38.9 Å². The average Bonchev–Trinajstić information content (AvgIpc) is 3.04. The van der Waals surface area contributed by atoms with Crippen LogP contribution in [0.4, 0.5) is 0 Å². The van der Waals surface area contributed by atoms with Crippen molar-refractivity contribution in [1.82, 2.24) is 14.7 Å². The highest BCUT2D eigenvalue weighted by atomic mass is 32.1. The Morgan fingerprint density at radius 2 is 2.13 bits per heavy atom. The van der Waals surface area contributed by atoms with Crippen molar-refractivity contribution in [1.29, 1.82) is 0 Å². The molecule has 3 rings (SSSR count). The van der Waals surface area contributed by atoms with Crippen molar-refractivity contribution >= 4 is 17.2 Å². The number of aromatic nitrogens is 2. The molecule has 1 aliphatic rings. The predicted molar refractivity (Wildman–Crippen MR) is 94.0 cm³/mol. The Morgan fingerprint density at radius 1 is 1.43 bits per heavy atom. The molecule has 23 heavy (non-hydrogen) atoms. The summed E-state index contributed by atoms with van der Waals surface area (Å²) in [6.07, 6.45) is 2.41. The third kappa shape index (κ3) is 3.20. The zero-order chi connectivity index (χ0) is 16.8. The van der Waals surface area contributed by atoms with Crippen LogP contribution in [0.2, 0.25) is 0 Å². The zero-order valence-electron chi connectivity index (χ0n) is 14.5. The van der Waals surface area contributed by atoms with Crippen LogP contribution in [-0.4, -0.2) is 27.6 Å². The van der Waals surface area contributed by atoms with Crippen molar-refractivity contribution in [2.45, 2.75) is 58.0 Å². The van der Waals surface area contributed by atoms with Gasteiger partial charge in [-0.25, -0.2) is 0 Å². The summed E-state index contributed by atoms with van der Waals surface area (Å²) in [5.41, 5.74) is 1.67. The van der Waals surface area contributed by atoms with Gasteiger partial charge in [0.15, 0.2) is 5.69 Å². The monoisotopic (exact) mass is 331 g/mol. The zero-order valence-corrected chi connectivity index (χ0v) is 15.4. The van der Waals surface area contributed by atoms with Crippen molar-refractivity contribution in [2.24, 2.45) is 0 Å². The molecule has 5 heteroatoms. The van der Waals surface area contributed by atoms with Crippen LogP contribution in [0, 0.1) is 0 Å². The van der Waals surface area contributed by atoms with Gasteiger partial charge in [0.1, 0.15) is 0 Å². The van der Waals surface area contributed by atoms with Crippen LogP contribution in [0.15, 0.2) is 23.6 Å². The van der Waals surface area contributed by atoms with Gasteiger partial charge in [-0.2, -0.15) is 5.10 Å². The van der Waals surface area contributed by atoms with Gasteiger partial charge in [-0.3, -0.25) is 9.48 Å². The fraction of sp³-hybridized carbons (Fsp3) is 0.556. The predicted octanol–water partition coefficient (Wildman–Crippen LogP) is 4.41. The van der Waals surface area contributed by atoms with E-state index >= 15 is 0 Å². The van der Waals surface area contributed by atoms with E-state index in [1.807, 2.05) is 29.2 Å². The molecule has 2 aromatic rings. The third-order valence-corrected chi connectivity index (χ3v) is 5.49. The van der Waals surface area contributed by atoms with Gasteiger partial charge in [-0.1, -0.05) is 6.07 Å². The number of hydrogen-bond donors (Lipinski definition) is 0. The van der Waals surface area contributed by atoms with Gasteiger partial charge in [0.2, 0.25) is 0 Å². The summed E-state index contributed by atoms with van der Waals surface area (Å²) in [7, 11) is 1.86. The van der Waals surface area contributed by atoms with Crippen LogP contribution in [0.5, 0.6) is 0 Å². The summed E-state index contributed by atoms with van der Waals surface area (Å²) in [6.45, 7) is 8.47. The second-order valence-corrected chi connectivity index (χ2v) is 8.40. The van der Waals surface area contributed by atoms with Crippen LogP contribution in [-0.2, 0) is 5.54 Å². The van der Waals surface area contributed by atoms with Gasteiger partial charge in [0.05, 0.1) is 11.6 Å². The van der Waals surface area contributed by atoms with Crippen molar-refractivity contribution in [3.8, 4) is 0 Å². The Hall–Kier alpha value is -1.62. The molecule has 0 spiro atoms. The number of rotatable bonds is 4. The third-order valence-electron chi connectivity index (χ3n) is 4.44. The maximum atomic E-state index is 12.9. The Bertz CT molecular complexity index is 692. The van der Waals surface area contributed by atoms with Crippen molar-refractivity contribution in [2.75, 3.05) is 7.05 Å². The van der Waals surface area contributed by atoms with E-state index in [9.17, 15) is 4.79 Å². The minimum absolute atomic E-state index is 0.00389. The first kappa shape index (κ1) is 16.2. The van der Waals surface area contributed by atoms with Crippen LogP contribution < -0.4 is 0 Å². The first-order valence-electron chi connectivity index (χ1n) is 8.20. The van der Waals surface area contributed by atoms with Crippen LogP contribution in [0.3, 0.4) is 0 Å². The number of thiophene rings is 1. The molecular formula is C18H25N3OS. The van der Waals surface area contributed by atoms with Crippen LogP contribution in [0.1, 0.15) is 73.6 Å². The number of amides is 1. The van der Waals surface area contributed by atoms with E-state index in [0.717, 1.165) is 0 Å². The largest absolute Gasteiger partial charge is 0.333 e. The molecule has 4 nitrogen and oxygen atoms in total. The van der Waals surface area contributed by atoms with Gasteiger partial charge in [0.25, 0.3) is 5.91 Å². The van der Waals surface area contributed by atoms with Gasteiger partial charge >= 0.3 is 0 Å². The molecule has 1 unspecified atom stereocenters. The Kier molecular flexibility index (Phi) is 4.08. The maximum absolute atomic E-state index is 12.9. The molecule has 0 N–H and O–H groups in total. The van der Waals surface area contributed by atoms with Crippen molar-refractivity contribution in [3.05, 3.63) is 39.8 Å². The minimum Gasteiger partial charge on any atom is -0.333 e. The summed E-state index contributed by atoms with van der Waals surface area (Å²) in [5.74, 6) is 0.569. The molecule has 0 bridgehead atoms. The second kappa shape index (κ2) is 5.78. The normalized spacial score (nSPS) is 16.4. The summed E-state index contributed by atoms with van der Waals surface area (Å²) < 4.78 is 2.04. The standard InChI is InChI=1S/C18H25N3OS/c1-12(16-7-6-10-23-16)20(5)17(22)14-11-15(13-8-9-13)21(19-14)18(2,3)4/h6-7,10-13H,8-9H2,1-5H3. The van der Waals surface area contributed by atoms with E-state index in [4.69, 9.17) is 0 Å². The summed E-state index contributed by atoms with van der Waals surface area (Å²) >= 11 is 1.68. The molecule has 2 aromatic heterocycles. The fourth-order valence-electron chi connectivity index (χ4n) is 2.78. The molecule has 1 fully saturated rings. The molecule has 1 aliphatic carbocycles. The van der Waals surface area contributed by atoms with E-state index in [1.165, 1.54) is 23.4 Å². The first-order valence-corrected chi connectivity index (χ1v) is 9.08. The highest BCUT2D eigenvalue weighted by Crippen LogP contribution is 2.42. The van der Waals surface area contributed by atoms with E-state index in [1.54, 1.807) is 16.2 Å². The first-order chi connectivity index (χ1) is 10.8. The second-order valence-electron chi connectivity index (χ2n) is 7.42. The Balaban J connectivity index is 1.87. The van der Waals surface area contributed by atoms with Gasteiger partial charge < -0.3 is 4.90 Å². The van der Waals surface area contributed by atoms with Crippen LogP contribution >= 0.6 is 11.3 Å². The number of carbonyl (C=O) groups is 1. The molecule has 1 atom stereocenters. The summed E-state index contributed by atoms with van der Waals surface area (Å²) in [4.78, 5) is 15.9. The summed E-state index contributed by atoms with van der Waals surface area (Å²) in [6, 6.07) is 6.16. The molecule has 124 valence electrons. The number of carbonyl (C=O) groups excluding carboxylic acids is 1. The molecule has 1 saturated carbocycles. The molecule has 1 amide bonds. The highest BCUT2D eigenvalue weighted by Gasteiger charge is 2.33. The lowest BCUT2D eigenvalue weighted by Crippen LogP contribution is -2.30. The maximum Gasteiger partial charge on any atom is 0.274 e. The highest BCUT2D eigenvalue weighted by molar-refractivity contribution is 7.10. The average molecular weight is 331 g/mol. The number of hydrogen-bond acceptors (Lipinski definition) is 3. The molecule has 0 radical (unpaired) electrons. The van der Waals surface area contributed by atoms with Gasteiger partial charge in [-0.05, 0) is 58.0 Å². The van der Waals surface area contributed by atoms with Crippen LogP contribution in [0.25, 0.3) is 0 Å².